The molecular weight excluding hydrogens is 338 g/mol. The number of rotatable bonds is 14. The molecule has 1 amide bonds. The Hall–Kier alpha value is -1.32. The Labute approximate surface area is 167 Å². The van der Waals surface area contributed by atoms with E-state index in [0.29, 0.717) is 0 Å². The smallest absolute Gasteiger partial charge is 0.408 e. The van der Waals surface area contributed by atoms with Gasteiger partial charge >= 0.3 is 6.09 Å². The Bertz CT molecular complexity index is 451. The first kappa shape index (κ1) is 25.7. The van der Waals surface area contributed by atoms with Crippen molar-refractivity contribution in [3.63, 3.8) is 0 Å². The molecule has 0 heterocycles. The second kappa shape index (κ2) is 13.8. The number of carbonyl (C=O) groups is 2. The van der Waals surface area contributed by atoms with Crippen LogP contribution in [0, 0.1) is 5.92 Å². The van der Waals surface area contributed by atoms with Gasteiger partial charge in [-0.15, -0.1) is 0 Å². The third-order valence-electron chi connectivity index (χ3n) is 4.86. The minimum Gasteiger partial charge on any atom is -0.444 e. The van der Waals surface area contributed by atoms with Gasteiger partial charge in [-0.25, -0.2) is 4.79 Å². The van der Waals surface area contributed by atoms with Crippen LogP contribution < -0.4 is 5.32 Å². The number of nitrogens with one attached hydrogen (secondary N) is 1. The molecule has 0 saturated carbocycles. The fourth-order valence-electron chi connectivity index (χ4n) is 2.96. The molecule has 27 heavy (non-hydrogen) atoms. The van der Waals surface area contributed by atoms with Crippen LogP contribution in [0.4, 0.5) is 4.79 Å². The number of alkyl carbamates (subject to hydrolysis) is 1. The quantitative estimate of drug-likeness (QED) is 0.273. The van der Waals surface area contributed by atoms with Crippen LogP contribution in [-0.4, -0.2) is 23.5 Å². The summed E-state index contributed by atoms with van der Waals surface area (Å²) in [6, 6.07) is -0.0101. The van der Waals surface area contributed by atoms with Crippen molar-refractivity contribution in [1.29, 1.82) is 0 Å². The average molecular weight is 382 g/mol. The van der Waals surface area contributed by atoms with Gasteiger partial charge in [-0.3, -0.25) is 4.79 Å². The molecule has 0 aromatic carbocycles. The van der Waals surface area contributed by atoms with Crippen molar-refractivity contribution in [2.45, 2.75) is 117 Å². The first-order chi connectivity index (χ1) is 12.6. The summed E-state index contributed by atoms with van der Waals surface area (Å²) in [5.74, 6) is 0.465. The molecule has 0 radical (unpaired) electrons. The Morgan fingerprint density at radius 1 is 1.00 bits per heavy atom. The Balaban J connectivity index is 4.29. The molecule has 1 N–H and O–H groups in total. The predicted octanol–water partition coefficient (Wildman–Crippen LogP) is 6.58. The highest BCUT2D eigenvalue weighted by Crippen LogP contribution is 2.19. The second-order valence-electron chi connectivity index (χ2n) is 8.82. The van der Waals surface area contributed by atoms with E-state index in [1.807, 2.05) is 27.7 Å². The van der Waals surface area contributed by atoms with Crippen LogP contribution >= 0.6 is 0 Å². The molecule has 4 nitrogen and oxygen atoms in total. The van der Waals surface area contributed by atoms with Crippen molar-refractivity contribution < 1.29 is 14.3 Å². The largest absolute Gasteiger partial charge is 0.444 e. The van der Waals surface area contributed by atoms with Crippen LogP contribution in [0.1, 0.15) is 106 Å². The van der Waals surface area contributed by atoms with Gasteiger partial charge in [0.05, 0.1) is 6.04 Å². The van der Waals surface area contributed by atoms with E-state index in [1.54, 1.807) is 6.92 Å². The molecule has 0 aromatic heterocycles. The fourth-order valence-corrected chi connectivity index (χ4v) is 2.96. The van der Waals surface area contributed by atoms with Gasteiger partial charge < -0.3 is 10.1 Å². The molecule has 0 rings (SSSR count). The SMILES string of the molecule is C=C(CCCCCC[C@H](C)C(C)=O)[C@H](CCCCC)NC(=O)OC(C)(C)C. The van der Waals surface area contributed by atoms with Gasteiger partial charge in [-0.05, 0) is 53.4 Å². The summed E-state index contributed by atoms with van der Waals surface area (Å²) >= 11 is 0. The van der Waals surface area contributed by atoms with Crippen LogP contribution in [0.25, 0.3) is 0 Å². The highest BCUT2D eigenvalue weighted by atomic mass is 16.6. The van der Waals surface area contributed by atoms with E-state index in [4.69, 9.17) is 4.74 Å². The number of carbonyl (C=O) groups excluding carboxylic acids is 2. The Morgan fingerprint density at radius 3 is 2.15 bits per heavy atom. The van der Waals surface area contributed by atoms with Gasteiger partial charge in [0.25, 0.3) is 0 Å². The molecule has 0 aliphatic rings. The monoisotopic (exact) mass is 381 g/mol. The molecule has 4 heteroatoms. The molecule has 0 bridgehead atoms. The van der Waals surface area contributed by atoms with Gasteiger partial charge in [0.1, 0.15) is 11.4 Å². The summed E-state index contributed by atoms with van der Waals surface area (Å²) < 4.78 is 5.41. The van der Waals surface area contributed by atoms with E-state index in [1.165, 1.54) is 0 Å². The number of unbranched alkanes of at least 4 members (excludes halogenated alkanes) is 5. The summed E-state index contributed by atoms with van der Waals surface area (Å²) in [5.41, 5.74) is 0.602. The van der Waals surface area contributed by atoms with E-state index < -0.39 is 5.60 Å². The maximum atomic E-state index is 12.1. The van der Waals surface area contributed by atoms with Crippen LogP contribution in [0.2, 0.25) is 0 Å². The lowest BCUT2D eigenvalue weighted by molar-refractivity contribution is -0.120. The molecule has 0 saturated heterocycles. The molecule has 0 aliphatic heterocycles. The van der Waals surface area contributed by atoms with Crippen molar-refractivity contribution in [2.75, 3.05) is 0 Å². The number of amides is 1. The highest BCUT2D eigenvalue weighted by molar-refractivity contribution is 5.77. The van der Waals surface area contributed by atoms with E-state index in [9.17, 15) is 9.59 Å². The lowest BCUT2D eigenvalue weighted by Gasteiger charge is -2.25. The maximum absolute atomic E-state index is 12.1. The fraction of sp³-hybridized carbons (Fsp3) is 0.826. The number of hydrogen-bond acceptors (Lipinski definition) is 3. The van der Waals surface area contributed by atoms with Crippen LogP contribution in [0.3, 0.4) is 0 Å². The van der Waals surface area contributed by atoms with Gasteiger partial charge in [-0.1, -0.05) is 64.5 Å². The van der Waals surface area contributed by atoms with E-state index in [-0.39, 0.29) is 23.8 Å². The number of ether oxygens (including phenoxy) is 1. The molecule has 0 spiro atoms. The minimum absolute atomic E-state index is 0.0101. The lowest BCUT2D eigenvalue weighted by atomic mass is 9.95. The second-order valence-corrected chi connectivity index (χ2v) is 8.82. The number of ketones is 1. The van der Waals surface area contributed by atoms with E-state index in [0.717, 1.165) is 69.8 Å². The molecule has 0 fully saturated rings. The van der Waals surface area contributed by atoms with Crippen molar-refractivity contribution in [3.05, 3.63) is 12.2 Å². The molecule has 0 aromatic rings. The van der Waals surface area contributed by atoms with Crippen LogP contribution in [0.15, 0.2) is 12.2 Å². The molecule has 0 unspecified atom stereocenters. The summed E-state index contributed by atoms with van der Waals surface area (Å²) in [5, 5.41) is 3.01. The van der Waals surface area contributed by atoms with Gasteiger partial charge in [0.2, 0.25) is 0 Å². The van der Waals surface area contributed by atoms with Gasteiger partial charge in [-0.2, -0.15) is 0 Å². The Morgan fingerprint density at radius 2 is 1.59 bits per heavy atom. The predicted molar refractivity (Wildman–Crippen MR) is 114 cm³/mol. The maximum Gasteiger partial charge on any atom is 0.408 e. The van der Waals surface area contributed by atoms with Crippen molar-refractivity contribution in [1.82, 2.24) is 5.32 Å². The van der Waals surface area contributed by atoms with Crippen molar-refractivity contribution >= 4 is 11.9 Å². The van der Waals surface area contributed by atoms with Crippen molar-refractivity contribution in [2.24, 2.45) is 5.92 Å². The highest BCUT2D eigenvalue weighted by Gasteiger charge is 2.20. The van der Waals surface area contributed by atoms with E-state index in [2.05, 4.69) is 18.8 Å². The zero-order valence-corrected chi connectivity index (χ0v) is 18.7. The lowest BCUT2D eigenvalue weighted by Crippen LogP contribution is -2.40. The van der Waals surface area contributed by atoms with Gasteiger partial charge in [0.15, 0.2) is 0 Å². The average Bonchev–Trinajstić information content (AvgIpc) is 2.54. The molecule has 158 valence electrons. The van der Waals surface area contributed by atoms with Crippen LogP contribution in [0.5, 0.6) is 0 Å². The first-order valence-electron chi connectivity index (χ1n) is 10.7. The number of hydrogen-bond donors (Lipinski definition) is 1. The summed E-state index contributed by atoms with van der Waals surface area (Å²) in [7, 11) is 0. The normalized spacial score (nSPS) is 13.7. The zero-order valence-electron chi connectivity index (χ0n) is 18.7. The van der Waals surface area contributed by atoms with Crippen LogP contribution in [-0.2, 0) is 9.53 Å². The standard InChI is InChI=1S/C23H43NO3/c1-8-9-12-17-21(24-22(26)27-23(5,6)7)19(3)16-14-11-10-13-15-18(2)20(4)25/h18,21H,3,8-17H2,1-2,4-7H3,(H,24,26)/t18-,21-/m0/s1. The zero-order chi connectivity index (χ0) is 20.9. The third-order valence-corrected chi connectivity index (χ3v) is 4.86. The van der Waals surface area contributed by atoms with Gasteiger partial charge in [0, 0.05) is 5.92 Å². The third kappa shape index (κ3) is 14.4. The van der Waals surface area contributed by atoms with E-state index >= 15 is 0 Å². The molecule has 0 aliphatic carbocycles. The number of Topliss-reactive ketones (excluding diaryl/α,β-unsaturated/α-hetero) is 1. The molecular formula is C23H43NO3. The summed E-state index contributed by atoms with van der Waals surface area (Å²) in [6.07, 6.45) is 10.3. The van der Waals surface area contributed by atoms with Crippen molar-refractivity contribution in [3.8, 4) is 0 Å². The Kier molecular flexibility index (Phi) is 13.1. The summed E-state index contributed by atoms with van der Waals surface area (Å²) in [4.78, 5) is 23.4. The first-order valence-corrected chi connectivity index (χ1v) is 10.7. The topological polar surface area (TPSA) is 55.4 Å². The molecule has 2 atom stereocenters. The minimum atomic E-state index is -0.490. The summed E-state index contributed by atoms with van der Waals surface area (Å²) in [6.45, 7) is 15.7.